The third-order valence-electron chi connectivity index (χ3n) is 6.10. The fourth-order valence-electron chi connectivity index (χ4n) is 4.50. The average Bonchev–Trinajstić information content (AvgIpc) is 3.23. The molecule has 12 nitrogen and oxygen atoms in total. The molecular formula is C25H44N4O8P2. The number of aryl methyl sites for hydroxylation is 1. The van der Waals surface area contributed by atoms with Crippen molar-refractivity contribution in [3.05, 3.63) is 32.6 Å². The zero-order valence-electron chi connectivity index (χ0n) is 24.1. The van der Waals surface area contributed by atoms with Crippen LogP contribution < -0.4 is 11.2 Å². The molecule has 0 spiro atoms. The number of aromatic nitrogens is 2. The predicted molar refractivity (Wildman–Crippen MR) is 150 cm³/mol. The van der Waals surface area contributed by atoms with E-state index in [1.165, 1.54) is 10.8 Å². The van der Waals surface area contributed by atoms with E-state index in [4.69, 9.17) is 28.1 Å². The number of ether oxygens (including phenoxy) is 1. The predicted octanol–water partition coefficient (Wildman–Crippen LogP) is 4.84. The zero-order valence-corrected chi connectivity index (χ0v) is 25.9. The van der Waals surface area contributed by atoms with E-state index >= 15 is 0 Å². The lowest BCUT2D eigenvalue weighted by atomic mass is 10.1. The lowest BCUT2D eigenvalue weighted by Crippen LogP contribution is -2.36. The molecule has 1 aliphatic rings. The van der Waals surface area contributed by atoms with Crippen LogP contribution in [0.25, 0.3) is 0 Å². The Morgan fingerprint density at radius 3 is 2.44 bits per heavy atom. The van der Waals surface area contributed by atoms with Gasteiger partial charge in [-0.15, -0.1) is 0 Å². The molecule has 1 unspecified atom stereocenters. The summed E-state index contributed by atoms with van der Waals surface area (Å²) in [6.07, 6.45) is 1.68. The molecule has 1 N–H and O–H groups in total. The Balaban J connectivity index is 2.32. The van der Waals surface area contributed by atoms with Gasteiger partial charge in [-0.3, -0.25) is 18.9 Å². The molecule has 0 saturated carbocycles. The monoisotopic (exact) mass is 590 g/mol. The fourth-order valence-corrected chi connectivity index (χ4v) is 7.94. The molecule has 1 aromatic rings. The van der Waals surface area contributed by atoms with Crippen molar-refractivity contribution in [1.29, 1.82) is 5.26 Å². The fraction of sp³-hybridized carbons (Fsp3) is 0.800. The Hall–Kier alpha value is -1.41. The van der Waals surface area contributed by atoms with Gasteiger partial charge in [-0.25, -0.2) is 9.46 Å². The first-order chi connectivity index (χ1) is 18.5. The van der Waals surface area contributed by atoms with Crippen LogP contribution in [0.2, 0.25) is 0 Å². The number of aromatic amines is 1. The van der Waals surface area contributed by atoms with Gasteiger partial charge in [0.25, 0.3) is 14.1 Å². The number of rotatable bonds is 17. The molecule has 14 heteroatoms. The Kier molecular flexibility index (Phi) is 14.0. The first-order valence-electron chi connectivity index (χ1n) is 13.6. The van der Waals surface area contributed by atoms with Gasteiger partial charge in [0.2, 0.25) is 0 Å². The van der Waals surface area contributed by atoms with E-state index in [-0.39, 0.29) is 44.5 Å². The molecule has 222 valence electrons. The number of nitrogens with zero attached hydrogens (tertiary/aromatic N) is 3. The molecule has 2 heterocycles. The van der Waals surface area contributed by atoms with Gasteiger partial charge in [-0.05, 0) is 61.3 Å². The standard InChI is InChI=1S/C25H44N4O8P2/c1-8-34-39(32,35-9-2)15-10-12-21-22(16-23(36-21)28-17-20(7)24(30)27-25(28)31)37-38(33-14-11-13-26)29(18(3)4)19(5)6/h17-19,21-23H,8-12,14-16H2,1-7H3,(H,27,30,31)/t21-,22+,23-,38?/m1/s1. The van der Waals surface area contributed by atoms with Crippen LogP contribution in [-0.4, -0.2) is 64.5 Å². The number of hydrogen-bond donors (Lipinski definition) is 1. The molecule has 0 radical (unpaired) electrons. The third-order valence-corrected chi connectivity index (χ3v) is 10.4. The summed E-state index contributed by atoms with van der Waals surface area (Å²) in [6.45, 7) is 14.2. The van der Waals surface area contributed by atoms with Crippen LogP contribution in [0, 0.1) is 18.3 Å². The van der Waals surface area contributed by atoms with Crippen LogP contribution in [0.1, 0.15) is 79.0 Å². The average molecular weight is 591 g/mol. The number of hydrogen-bond acceptors (Lipinski definition) is 10. The lowest BCUT2D eigenvalue weighted by Gasteiger charge is -2.37. The minimum atomic E-state index is -3.23. The van der Waals surface area contributed by atoms with E-state index in [1.54, 1.807) is 20.8 Å². The van der Waals surface area contributed by atoms with Crippen molar-refractivity contribution in [2.75, 3.05) is 26.0 Å². The summed E-state index contributed by atoms with van der Waals surface area (Å²) in [7, 11) is -4.78. The second-order valence-electron chi connectivity index (χ2n) is 9.85. The second-order valence-corrected chi connectivity index (χ2v) is 13.4. The minimum absolute atomic E-state index is 0.113. The highest BCUT2D eigenvalue weighted by Gasteiger charge is 2.41. The van der Waals surface area contributed by atoms with Crippen LogP contribution in [0.4, 0.5) is 0 Å². The molecule has 0 bridgehead atoms. The van der Waals surface area contributed by atoms with Crippen LogP contribution in [0.5, 0.6) is 0 Å². The van der Waals surface area contributed by atoms with Gasteiger partial charge in [0, 0.05) is 30.3 Å². The van der Waals surface area contributed by atoms with Crippen molar-refractivity contribution in [2.45, 2.75) is 105 Å². The Labute approximate surface area is 232 Å². The number of nitriles is 1. The molecule has 0 aromatic carbocycles. The van der Waals surface area contributed by atoms with Crippen LogP contribution >= 0.6 is 16.1 Å². The SMILES string of the molecule is CCOP(=O)(CCC[C@H]1O[C@@H](n2cc(C)c(=O)[nH]c2=O)C[C@@H]1OP(OCCC#N)N(C(C)C)C(C)C)OCC. The van der Waals surface area contributed by atoms with Crippen LogP contribution in [-0.2, 0) is 27.4 Å². The van der Waals surface area contributed by atoms with E-state index in [0.29, 0.717) is 24.8 Å². The third kappa shape index (κ3) is 9.87. The van der Waals surface area contributed by atoms with E-state index in [0.717, 1.165) is 0 Å². The normalized spacial score (nSPS) is 20.7. The first-order valence-corrected chi connectivity index (χ1v) is 16.4. The number of H-pyrrole nitrogens is 1. The van der Waals surface area contributed by atoms with Crippen molar-refractivity contribution >= 4 is 16.1 Å². The van der Waals surface area contributed by atoms with Gasteiger partial charge >= 0.3 is 13.3 Å². The summed E-state index contributed by atoms with van der Waals surface area (Å²) in [4.78, 5) is 26.9. The van der Waals surface area contributed by atoms with E-state index in [1.807, 2.05) is 0 Å². The summed E-state index contributed by atoms with van der Waals surface area (Å²) in [6, 6.07) is 2.33. The van der Waals surface area contributed by atoms with Gasteiger partial charge in [0.15, 0.2) is 0 Å². The van der Waals surface area contributed by atoms with E-state index in [2.05, 4.69) is 43.4 Å². The maximum atomic E-state index is 13.0. The molecule has 0 amide bonds. The summed E-state index contributed by atoms with van der Waals surface area (Å²) in [5, 5.41) is 9.03. The van der Waals surface area contributed by atoms with Crippen LogP contribution in [0.15, 0.2) is 15.8 Å². The highest BCUT2D eigenvalue weighted by Crippen LogP contribution is 2.51. The molecule has 1 aliphatic heterocycles. The quantitative estimate of drug-likeness (QED) is 0.198. The molecule has 2 rings (SSSR count). The van der Waals surface area contributed by atoms with Crippen molar-refractivity contribution in [1.82, 2.24) is 14.2 Å². The molecule has 1 aromatic heterocycles. The summed E-state index contributed by atoms with van der Waals surface area (Å²) >= 11 is 0. The molecule has 39 heavy (non-hydrogen) atoms. The molecule has 1 saturated heterocycles. The van der Waals surface area contributed by atoms with Crippen molar-refractivity contribution in [3.63, 3.8) is 0 Å². The zero-order chi connectivity index (χ0) is 29.2. The number of nitrogens with one attached hydrogen (secondary N) is 1. The van der Waals surface area contributed by atoms with Crippen molar-refractivity contribution < 1.29 is 27.4 Å². The van der Waals surface area contributed by atoms with Gasteiger partial charge < -0.3 is 22.8 Å². The second kappa shape index (κ2) is 16.1. The highest BCUT2D eigenvalue weighted by atomic mass is 31.2. The van der Waals surface area contributed by atoms with Crippen molar-refractivity contribution in [2.24, 2.45) is 0 Å². The maximum absolute atomic E-state index is 13.0. The van der Waals surface area contributed by atoms with E-state index < -0.39 is 45.8 Å². The topological polar surface area (TPSA) is 145 Å². The first kappa shape index (κ1) is 33.8. The highest BCUT2D eigenvalue weighted by molar-refractivity contribution is 7.53. The molecule has 0 aliphatic carbocycles. The summed E-state index contributed by atoms with van der Waals surface area (Å²) in [5.41, 5.74) is -0.618. The summed E-state index contributed by atoms with van der Waals surface area (Å²) < 4.78 is 46.4. The molecule has 4 atom stereocenters. The van der Waals surface area contributed by atoms with Gasteiger partial charge in [0.05, 0.1) is 50.7 Å². The summed E-state index contributed by atoms with van der Waals surface area (Å²) in [5.74, 6) is 0. The van der Waals surface area contributed by atoms with Gasteiger partial charge in [0.1, 0.15) is 6.23 Å². The van der Waals surface area contributed by atoms with Gasteiger partial charge in [-0.1, -0.05) is 0 Å². The van der Waals surface area contributed by atoms with Crippen molar-refractivity contribution in [3.8, 4) is 6.07 Å². The Bertz CT molecular complexity index is 1080. The smallest absolute Gasteiger partial charge is 0.330 e. The Morgan fingerprint density at radius 1 is 1.23 bits per heavy atom. The lowest BCUT2D eigenvalue weighted by molar-refractivity contribution is -0.0228. The van der Waals surface area contributed by atoms with Gasteiger partial charge in [-0.2, -0.15) is 5.26 Å². The van der Waals surface area contributed by atoms with E-state index in [9.17, 15) is 14.2 Å². The van der Waals surface area contributed by atoms with Crippen LogP contribution in [0.3, 0.4) is 0 Å². The molecule has 1 fully saturated rings. The maximum Gasteiger partial charge on any atom is 0.330 e. The molecular weight excluding hydrogens is 546 g/mol. The Morgan fingerprint density at radius 2 is 1.87 bits per heavy atom. The largest absolute Gasteiger partial charge is 0.352 e. The minimum Gasteiger partial charge on any atom is -0.352 e.